The van der Waals surface area contributed by atoms with E-state index in [1.165, 1.54) is 49.8 Å². The molecule has 2 rings (SSSR count). The van der Waals surface area contributed by atoms with Crippen molar-refractivity contribution in [3.05, 3.63) is 48.3 Å². The van der Waals surface area contributed by atoms with Crippen molar-refractivity contribution in [2.45, 2.75) is 4.90 Å². The van der Waals surface area contributed by atoms with Gasteiger partial charge in [-0.1, -0.05) is 0 Å². The summed E-state index contributed by atoms with van der Waals surface area (Å²) >= 11 is 0. The van der Waals surface area contributed by atoms with E-state index in [4.69, 9.17) is 9.84 Å². The van der Waals surface area contributed by atoms with Gasteiger partial charge in [0.2, 0.25) is 10.0 Å². The molecule has 0 amide bonds. The number of aromatic carboxylic acids is 1. The summed E-state index contributed by atoms with van der Waals surface area (Å²) in [6.45, 7) is 0. The fraction of sp³-hybridized carbons (Fsp3) is 0.0769. The zero-order valence-electron chi connectivity index (χ0n) is 11.0. The third-order valence-corrected chi connectivity index (χ3v) is 4.08. The first-order valence-corrected chi connectivity index (χ1v) is 7.31. The molecule has 7 nitrogen and oxygen atoms in total. The number of hydrogen-bond acceptors (Lipinski definition) is 5. The standard InChI is InChI=1S/C13H12N2O5S/c1-14-21(18,19)10-4-2-9(3-5-10)20-12-8-15-7-6-11(12)13(16)17/h2-8,14H,1H3,(H,16,17). The van der Waals surface area contributed by atoms with Crippen LogP contribution in [0.2, 0.25) is 0 Å². The number of nitrogens with zero attached hydrogens (tertiary/aromatic N) is 1. The molecule has 0 saturated carbocycles. The van der Waals surface area contributed by atoms with Gasteiger partial charge in [-0.05, 0) is 37.4 Å². The van der Waals surface area contributed by atoms with Gasteiger partial charge in [0.25, 0.3) is 0 Å². The van der Waals surface area contributed by atoms with Crippen molar-refractivity contribution in [2.75, 3.05) is 7.05 Å². The number of carboxylic acids is 1. The molecule has 0 spiro atoms. The van der Waals surface area contributed by atoms with Gasteiger partial charge in [-0.25, -0.2) is 17.9 Å². The van der Waals surface area contributed by atoms with Crippen LogP contribution in [0.5, 0.6) is 11.5 Å². The van der Waals surface area contributed by atoms with Crippen molar-refractivity contribution >= 4 is 16.0 Å². The van der Waals surface area contributed by atoms with E-state index in [1.54, 1.807) is 0 Å². The Bertz CT molecular complexity index is 756. The molecule has 0 aliphatic rings. The Kier molecular flexibility index (Phi) is 4.20. The number of benzene rings is 1. The zero-order valence-corrected chi connectivity index (χ0v) is 11.8. The highest BCUT2D eigenvalue weighted by atomic mass is 32.2. The maximum Gasteiger partial charge on any atom is 0.339 e. The van der Waals surface area contributed by atoms with Gasteiger partial charge >= 0.3 is 5.97 Å². The van der Waals surface area contributed by atoms with E-state index < -0.39 is 16.0 Å². The van der Waals surface area contributed by atoms with Crippen molar-refractivity contribution in [1.82, 2.24) is 9.71 Å². The molecule has 0 bridgehead atoms. The monoisotopic (exact) mass is 308 g/mol. The largest absolute Gasteiger partial charge is 0.478 e. The fourth-order valence-electron chi connectivity index (χ4n) is 1.57. The van der Waals surface area contributed by atoms with E-state index in [9.17, 15) is 13.2 Å². The number of carbonyl (C=O) groups is 1. The predicted molar refractivity (Wildman–Crippen MR) is 74.0 cm³/mol. The molecule has 1 aromatic carbocycles. The van der Waals surface area contributed by atoms with Crippen LogP contribution in [0.3, 0.4) is 0 Å². The van der Waals surface area contributed by atoms with E-state index in [0.717, 1.165) is 0 Å². The maximum absolute atomic E-state index is 11.6. The molecule has 0 atom stereocenters. The van der Waals surface area contributed by atoms with E-state index >= 15 is 0 Å². The number of nitrogens with one attached hydrogen (secondary N) is 1. The Balaban J connectivity index is 2.28. The normalized spacial score (nSPS) is 11.1. The summed E-state index contributed by atoms with van der Waals surface area (Å²) < 4.78 is 30.8. The first-order valence-electron chi connectivity index (χ1n) is 5.83. The average molecular weight is 308 g/mol. The topological polar surface area (TPSA) is 106 Å². The molecular weight excluding hydrogens is 296 g/mol. The SMILES string of the molecule is CNS(=O)(=O)c1ccc(Oc2cnccc2C(=O)O)cc1. The van der Waals surface area contributed by atoms with Gasteiger partial charge in [-0.15, -0.1) is 0 Å². The smallest absolute Gasteiger partial charge is 0.339 e. The van der Waals surface area contributed by atoms with Crippen LogP contribution in [0.25, 0.3) is 0 Å². The number of carboxylic acid groups (broad SMARTS) is 1. The second-order valence-corrected chi connectivity index (χ2v) is 5.84. The van der Waals surface area contributed by atoms with Crippen molar-refractivity contribution in [3.8, 4) is 11.5 Å². The quantitative estimate of drug-likeness (QED) is 0.866. The second-order valence-electron chi connectivity index (χ2n) is 3.96. The lowest BCUT2D eigenvalue weighted by Crippen LogP contribution is -2.18. The van der Waals surface area contributed by atoms with Crippen molar-refractivity contribution in [2.24, 2.45) is 0 Å². The lowest BCUT2D eigenvalue weighted by Gasteiger charge is -2.08. The summed E-state index contributed by atoms with van der Waals surface area (Å²) in [6.07, 6.45) is 2.63. The summed E-state index contributed by atoms with van der Waals surface area (Å²) in [4.78, 5) is 14.9. The third kappa shape index (κ3) is 3.36. The Labute approximate surface area is 121 Å². The Morgan fingerprint density at radius 2 is 1.90 bits per heavy atom. The van der Waals surface area contributed by atoms with Crippen LogP contribution in [0.15, 0.2) is 47.6 Å². The molecule has 1 aromatic heterocycles. The summed E-state index contributed by atoms with van der Waals surface area (Å²) in [6, 6.07) is 6.90. The molecule has 2 aromatic rings. The summed E-state index contributed by atoms with van der Waals surface area (Å²) in [7, 11) is -2.21. The number of aromatic nitrogens is 1. The molecular formula is C13H12N2O5S. The molecule has 0 aliphatic carbocycles. The molecule has 0 saturated heterocycles. The minimum atomic E-state index is -3.52. The van der Waals surface area contributed by atoms with Gasteiger partial charge in [0.05, 0.1) is 11.1 Å². The van der Waals surface area contributed by atoms with Gasteiger partial charge < -0.3 is 9.84 Å². The van der Waals surface area contributed by atoms with Crippen molar-refractivity contribution < 1.29 is 23.1 Å². The van der Waals surface area contributed by atoms with Crippen molar-refractivity contribution in [1.29, 1.82) is 0 Å². The van der Waals surface area contributed by atoms with Gasteiger partial charge in [0.1, 0.15) is 11.3 Å². The molecule has 2 N–H and O–H groups in total. The van der Waals surface area contributed by atoms with Crippen LogP contribution in [-0.4, -0.2) is 31.5 Å². The second kappa shape index (κ2) is 5.90. The third-order valence-electron chi connectivity index (χ3n) is 2.65. The number of pyridine rings is 1. The number of hydrogen-bond donors (Lipinski definition) is 2. The van der Waals surface area contributed by atoms with E-state index in [0.29, 0.717) is 5.75 Å². The van der Waals surface area contributed by atoms with Crippen LogP contribution in [-0.2, 0) is 10.0 Å². The van der Waals surface area contributed by atoms with E-state index in [2.05, 4.69) is 9.71 Å². The van der Waals surface area contributed by atoms with E-state index in [-0.39, 0.29) is 16.2 Å². The van der Waals surface area contributed by atoms with Crippen LogP contribution in [0, 0.1) is 0 Å². The molecule has 0 aliphatic heterocycles. The molecule has 0 fully saturated rings. The molecule has 110 valence electrons. The molecule has 8 heteroatoms. The summed E-state index contributed by atoms with van der Waals surface area (Å²) in [5.74, 6) is -0.753. The Hall–Kier alpha value is -2.45. The lowest BCUT2D eigenvalue weighted by atomic mass is 10.2. The highest BCUT2D eigenvalue weighted by Crippen LogP contribution is 2.25. The summed E-state index contributed by atoms with van der Waals surface area (Å²) in [5, 5.41) is 9.03. The Morgan fingerprint density at radius 1 is 1.24 bits per heavy atom. The Morgan fingerprint density at radius 3 is 2.48 bits per heavy atom. The van der Waals surface area contributed by atoms with Crippen molar-refractivity contribution in [3.63, 3.8) is 0 Å². The minimum Gasteiger partial charge on any atom is -0.478 e. The molecule has 0 radical (unpaired) electrons. The average Bonchev–Trinajstić information content (AvgIpc) is 2.48. The van der Waals surface area contributed by atoms with E-state index in [1.807, 2.05) is 0 Å². The fourth-order valence-corrected chi connectivity index (χ4v) is 2.30. The summed E-state index contributed by atoms with van der Waals surface area (Å²) in [5.41, 5.74) is -0.0306. The maximum atomic E-state index is 11.6. The number of rotatable bonds is 5. The van der Waals surface area contributed by atoms with Gasteiger partial charge in [-0.3, -0.25) is 4.98 Å². The van der Waals surface area contributed by atoms with Gasteiger partial charge in [0.15, 0.2) is 5.75 Å². The zero-order chi connectivity index (χ0) is 15.5. The lowest BCUT2D eigenvalue weighted by molar-refractivity contribution is 0.0694. The van der Waals surface area contributed by atoms with Crippen LogP contribution in [0.4, 0.5) is 0 Å². The molecule has 1 heterocycles. The molecule has 21 heavy (non-hydrogen) atoms. The minimum absolute atomic E-state index is 0.0306. The van der Waals surface area contributed by atoms with Crippen LogP contribution in [0.1, 0.15) is 10.4 Å². The van der Waals surface area contributed by atoms with Gasteiger partial charge in [-0.2, -0.15) is 0 Å². The van der Waals surface area contributed by atoms with Crippen LogP contribution < -0.4 is 9.46 Å². The first-order chi connectivity index (χ1) is 9.94. The first kappa shape index (κ1) is 14.9. The van der Waals surface area contributed by atoms with Gasteiger partial charge in [0, 0.05) is 6.20 Å². The number of ether oxygens (including phenoxy) is 1. The predicted octanol–water partition coefficient (Wildman–Crippen LogP) is 1.48. The highest BCUT2D eigenvalue weighted by molar-refractivity contribution is 7.89. The molecule has 0 unspecified atom stereocenters. The van der Waals surface area contributed by atoms with Crippen LogP contribution >= 0.6 is 0 Å². The number of sulfonamides is 1. The highest BCUT2D eigenvalue weighted by Gasteiger charge is 2.13.